The van der Waals surface area contributed by atoms with E-state index in [0.29, 0.717) is 0 Å². The van der Waals surface area contributed by atoms with Crippen molar-refractivity contribution in [1.29, 1.82) is 0 Å². The van der Waals surface area contributed by atoms with E-state index < -0.39 is 0 Å². The normalized spacial score (nSPS) is 15.5. The molecule has 0 radical (unpaired) electrons. The molecule has 0 aliphatic carbocycles. The van der Waals surface area contributed by atoms with Gasteiger partial charge >= 0.3 is 0 Å². The van der Waals surface area contributed by atoms with Crippen LogP contribution in [0, 0.1) is 0 Å². The molecular weight excluding hydrogens is 262 g/mol. The maximum Gasteiger partial charge on any atom is 0.162 e. The lowest BCUT2D eigenvalue weighted by molar-refractivity contribution is 0.128. The number of nitrogens with zero attached hydrogens (tertiary/aromatic N) is 2. The van der Waals surface area contributed by atoms with E-state index in [0.717, 1.165) is 48.7 Å². The van der Waals surface area contributed by atoms with Gasteiger partial charge in [0.1, 0.15) is 6.10 Å². The van der Waals surface area contributed by atoms with Crippen molar-refractivity contribution in [3.8, 4) is 0 Å². The van der Waals surface area contributed by atoms with Crippen LogP contribution in [0.4, 0.5) is 0 Å². The fraction of sp³-hybridized carbons (Fsp3) is 0.412. The molecule has 1 unspecified atom stereocenters. The Bertz CT molecular complexity index is 596. The molecule has 21 heavy (non-hydrogen) atoms. The molecule has 1 N–H and O–H groups in total. The van der Waals surface area contributed by atoms with Crippen molar-refractivity contribution in [2.75, 3.05) is 13.7 Å². The molecule has 4 heteroatoms. The molecule has 2 heterocycles. The van der Waals surface area contributed by atoms with Gasteiger partial charge in [-0.15, -0.1) is 0 Å². The van der Waals surface area contributed by atoms with Crippen LogP contribution in [-0.4, -0.2) is 23.6 Å². The largest absolute Gasteiger partial charge is 0.369 e. The van der Waals surface area contributed by atoms with Crippen molar-refractivity contribution in [2.24, 2.45) is 0 Å². The van der Waals surface area contributed by atoms with E-state index >= 15 is 0 Å². The molecule has 0 saturated carbocycles. The summed E-state index contributed by atoms with van der Waals surface area (Å²) in [4.78, 5) is 9.56. The number of aryl methyl sites for hydroxylation is 1. The quantitative estimate of drug-likeness (QED) is 0.936. The lowest BCUT2D eigenvalue weighted by Crippen LogP contribution is -2.27. The minimum atomic E-state index is -0.205. The number of hydrogen-bond acceptors (Lipinski definition) is 4. The minimum absolute atomic E-state index is 0.205. The third-order valence-electron chi connectivity index (χ3n) is 3.95. The summed E-state index contributed by atoms with van der Waals surface area (Å²) in [5, 5.41) is 3.39. The van der Waals surface area contributed by atoms with Crippen LogP contribution >= 0.6 is 0 Å². The van der Waals surface area contributed by atoms with E-state index in [1.54, 1.807) is 7.11 Å². The van der Waals surface area contributed by atoms with Crippen LogP contribution in [-0.2, 0) is 24.1 Å². The highest BCUT2D eigenvalue weighted by Crippen LogP contribution is 2.25. The SMILES string of the molecule is CCc1nc(C(OC)c2ccccc2)nc2c1CCNC2. The Kier molecular flexibility index (Phi) is 4.27. The van der Waals surface area contributed by atoms with Gasteiger partial charge in [-0.1, -0.05) is 37.3 Å². The van der Waals surface area contributed by atoms with E-state index in [-0.39, 0.29) is 6.10 Å². The third kappa shape index (κ3) is 2.82. The first-order valence-electron chi connectivity index (χ1n) is 7.50. The van der Waals surface area contributed by atoms with Crippen LogP contribution in [0.3, 0.4) is 0 Å². The Balaban J connectivity index is 2.05. The first kappa shape index (κ1) is 14.2. The second-order valence-electron chi connectivity index (χ2n) is 5.26. The van der Waals surface area contributed by atoms with Gasteiger partial charge in [0, 0.05) is 19.3 Å². The maximum atomic E-state index is 5.67. The average Bonchev–Trinajstić information content (AvgIpc) is 2.56. The van der Waals surface area contributed by atoms with Crippen LogP contribution in [0.25, 0.3) is 0 Å². The molecule has 4 nitrogen and oxygen atoms in total. The van der Waals surface area contributed by atoms with Crippen molar-refractivity contribution in [2.45, 2.75) is 32.4 Å². The van der Waals surface area contributed by atoms with Gasteiger partial charge in [-0.25, -0.2) is 9.97 Å². The first-order chi connectivity index (χ1) is 10.3. The second-order valence-corrected chi connectivity index (χ2v) is 5.26. The zero-order valence-corrected chi connectivity index (χ0v) is 12.6. The molecule has 0 bridgehead atoms. The van der Waals surface area contributed by atoms with Crippen molar-refractivity contribution >= 4 is 0 Å². The van der Waals surface area contributed by atoms with Gasteiger partial charge in [-0.05, 0) is 30.5 Å². The number of methoxy groups -OCH3 is 1. The molecule has 3 rings (SSSR count). The van der Waals surface area contributed by atoms with Crippen LogP contribution in [0.1, 0.15) is 41.4 Å². The number of rotatable bonds is 4. The average molecular weight is 283 g/mol. The summed E-state index contributed by atoms with van der Waals surface area (Å²) in [6.07, 6.45) is 1.74. The highest BCUT2D eigenvalue weighted by atomic mass is 16.5. The minimum Gasteiger partial charge on any atom is -0.369 e. The summed E-state index contributed by atoms with van der Waals surface area (Å²) in [6.45, 7) is 3.98. The Labute approximate surface area is 125 Å². The smallest absolute Gasteiger partial charge is 0.162 e. The third-order valence-corrected chi connectivity index (χ3v) is 3.95. The van der Waals surface area contributed by atoms with E-state index in [1.165, 1.54) is 5.56 Å². The molecule has 0 fully saturated rings. The van der Waals surface area contributed by atoms with Crippen LogP contribution in [0.15, 0.2) is 30.3 Å². The summed E-state index contributed by atoms with van der Waals surface area (Å²) in [5.74, 6) is 0.767. The number of ether oxygens (including phenoxy) is 1. The van der Waals surface area contributed by atoms with Gasteiger partial charge in [-0.3, -0.25) is 0 Å². The lowest BCUT2D eigenvalue weighted by atomic mass is 10.0. The molecule has 1 atom stereocenters. The summed E-state index contributed by atoms with van der Waals surface area (Å²) in [5.41, 5.74) is 4.70. The van der Waals surface area contributed by atoms with Gasteiger partial charge in [0.05, 0.1) is 5.69 Å². The van der Waals surface area contributed by atoms with Crippen LogP contribution in [0.2, 0.25) is 0 Å². The molecule has 0 spiro atoms. The predicted molar refractivity (Wildman–Crippen MR) is 82.1 cm³/mol. The van der Waals surface area contributed by atoms with Crippen molar-refractivity contribution in [3.63, 3.8) is 0 Å². The lowest BCUT2D eigenvalue weighted by Gasteiger charge is -2.22. The molecular formula is C17H21N3O. The monoisotopic (exact) mass is 283 g/mol. The fourth-order valence-corrected chi connectivity index (χ4v) is 2.89. The van der Waals surface area contributed by atoms with Gasteiger partial charge < -0.3 is 10.1 Å². The predicted octanol–water partition coefficient (Wildman–Crippen LogP) is 2.42. The topological polar surface area (TPSA) is 47.0 Å². The van der Waals surface area contributed by atoms with E-state index in [2.05, 4.69) is 24.4 Å². The number of hydrogen-bond donors (Lipinski definition) is 1. The Morgan fingerprint density at radius 2 is 2.05 bits per heavy atom. The van der Waals surface area contributed by atoms with Gasteiger partial charge in [0.15, 0.2) is 5.82 Å². The first-order valence-corrected chi connectivity index (χ1v) is 7.50. The van der Waals surface area contributed by atoms with Gasteiger partial charge in [-0.2, -0.15) is 0 Å². The molecule has 0 saturated heterocycles. The van der Waals surface area contributed by atoms with Crippen molar-refractivity contribution in [3.05, 3.63) is 58.7 Å². The van der Waals surface area contributed by atoms with Crippen molar-refractivity contribution < 1.29 is 4.74 Å². The number of aromatic nitrogens is 2. The van der Waals surface area contributed by atoms with Crippen molar-refractivity contribution in [1.82, 2.24) is 15.3 Å². The molecule has 110 valence electrons. The summed E-state index contributed by atoms with van der Waals surface area (Å²) in [6, 6.07) is 10.1. The van der Waals surface area contributed by atoms with Crippen LogP contribution < -0.4 is 5.32 Å². The highest BCUT2D eigenvalue weighted by Gasteiger charge is 2.22. The molecule has 2 aromatic rings. The number of nitrogens with one attached hydrogen (secondary N) is 1. The second kappa shape index (κ2) is 6.33. The van der Waals surface area contributed by atoms with E-state index in [9.17, 15) is 0 Å². The zero-order valence-electron chi connectivity index (χ0n) is 12.6. The Morgan fingerprint density at radius 1 is 1.24 bits per heavy atom. The van der Waals surface area contributed by atoms with Crippen LogP contribution in [0.5, 0.6) is 0 Å². The summed E-state index contributed by atoms with van der Waals surface area (Å²) < 4.78 is 5.67. The van der Waals surface area contributed by atoms with E-state index in [4.69, 9.17) is 14.7 Å². The molecule has 1 aliphatic rings. The molecule has 0 amide bonds. The highest BCUT2D eigenvalue weighted by molar-refractivity contribution is 5.31. The number of fused-ring (bicyclic) bond motifs is 1. The molecule has 1 aromatic carbocycles. The standard InChI is InChI=1S/C17H21N3O/c1-3-14-13-9-10-18-11-15(13)20-17(19-14)16(21-2)12-7-5-4-6-8-12/h4-8,16,18H,3,9-11H2,1-2H3. The Hall–Kier alpha value is -1.78. The Morgan fingerprint density at radius 3 is 2.76 bits per heavy atom. The van der Waals surface area contributed by atoms with Gasteiger partial charge in [0.25, 0.3) is 0 Å². The maximum absolute atomic E-state index is 5.67. The van der Waals surface area contributed by atoms with Gasteiger partial charge in [0.2, 0.25) is 0 Å². The fourth-order valence-electron chi connectivity index (χ4n) is 2.89. The zero-order chi connectivity index (χ0) is 14.7. The molecule has 1 aromatic heterocycles. The summed E-state index contributed by atoms with van der Waals surface area (Å²) in [7, 11) is 1.71. The molecule has 1 aliphatic heterocycles. The van der Waals surface area contributed by atoms with E-state index in [1.807, 2.05) is 18.2 Å². The number of benzene rings is 1. The summed E-state index contributed by atoms with van der Waals surface area (Å²) >= 11 is 0.